The summed E-state index contributed by atoms with van der Waals surface area (Å²) in [5.41, 5.74) is 6.91. The summed E-state index contributed by atoms with van der Waals surface area (Å²) in [6, 6.07) is 46.1. The largest absolute Gasteiger partial charge is 0.422 e. The zero-order valence-electron chi connectivity index (χ0n) is 21.9. The van der Waals surface area contributed by atoms with Gasteiger partial charge in [-0.1, -0.05) is 72.8 Å². The highest BCUT2D eigenvalue weighted by Crippen LogP contribution is 2.38. The topological polar surface area (TPSA) is 40.1 Å². The number of nitrogens with zero attached hydrogens (tertiary/aromatic N) is 2. The average molecular weight is 527 g/mol. The lowest BCUT2D eigenvalue weighted by Gasteiger charge is -2.10. The minimum absolute atomic E-state index is 0.315. The molecule has 0 saturated carbocycles. The van der Waals surface area contributed by atoms with Gasteiger partial charge in [0.25, 0.3) is 0 Å². The zero-order valence-corrected chi connectivity index (χ0v) is 21.9. The first-order valence-electron chi connectivity index (χ1n) is 13.7. The van der Waals surface area contributed by atoms with E-state index in [2.05, 4.69) is 106 Å². The molecule has 0 saturated heterocycles. The normalized spacial score (nSPS) is 12.0. The molecule has 0 aliphatic carbocycles. The molecule has 9 rings (SSSR count). The summed E-state index contributed by atoms with van der Waals surface area (Å²) in [6.45, 7) is 0. The fourth-order valence-electron chi connectivity index (χ4n) is 6.58. The van der Waals surface area contributed by atoms with E-state index >= 15 is 0 Å². The van der Waals surface area contributed by atoms with E-state index in [1.807, 2.05) is 36.4 Å². The van der Waals surface area contributed by atoms with Crippen molar-refractivity contribution in [1.82, 2.24) is 9.13 Å². The van der Waals surface area contributed by atoms with Crippen molar-refractivity contribution in [2.45, 2.75) is 0 Å². The van der Waals surface area contributed by atoms with Gasteiger partial charge in [-0.05, 0) is 60.0 Å². The maximum atomic E-state index is 12.9. The fraction of sp³-hybridized carbons (Fsp3) is 0. The molecule has 9 aromatic rings. The van der Waals surface area contributed by atoms with Gasteiger partial charge in [0.05, 0.1) is 27.5 Å². The summed E-state index contributed by atoms with van der Waals surface area (Å²) < 4.78 is 10.5. The molecule has 41 heavy (non-hydrogen) atoms. The first-order valence-corrected chi connectivity index (χ1v) is 13.7. The lowest BCUT2D eigenvalue weighted by atomic mass is 10.0. The van der Waals surface area contributed by atoms with Crippen LogP contribution in [0.3, 0.4) is 0 Å². The van der Waals surface area contributed by atoms with E-state index < -0.39 is 0 Å². The van der Waals surface area contributed by atoms with Crippen LogP contribution in [0.2, 0.25) is 0 Å². The van der Waals surface area contributed by atoms with Gasteiger partial charge in [0.2, 0.25) is 0 Å². The average Bonchev–Trinajstić information content (AvgIpc) is 3.53. The maximum absolute atomic E-state index is 12.9. The minimum Gasteiger partial charge on any atom is -0.422 e. The van der Waals surface area contributed by atoms with E-state index in [0.29, 0.717) is 11.0 Å². The van der Waals surface area contributed by atoms with Crippen LogP contribution in [-0.2, 0) is 0 Å². The molecule has 0 amide bonds. The lowest BCUT2D eigenvalue weighted by Crippen LogP contribution is -2.00. The summed E-state index contributed by atoms with van der Waals surface area (Å²) in [5, 5.41) is 7.13. The molecule has 0 aliphatic heterocycles. The van der Waals surface area contributed by atoms with Crippen LogP contribution in [0.15, 0.2) is 143 Å². The molecular weight excluding hydrogens is 504 g/mol. The predicted octanol–water partition coefficient (Wildman–Crippen LogP) is 9.14. The smallest absolute Gasteiger partial charge is 0.344 e. The van der Waals surface area contributed by atoms with Crippen molar-refractivity contribution in [2.75, 3.05) is 0 Å². The molecule has 0 unspecified atom stereocenters. The molecular formula is C37H22N2O2. The molecule has 3 aromatic heterocycles. The first-order chi connectivity index (χ1) is 20.3. The Labute approximate surface area is 233 Å². The molecule has 0 N–H and O–H groups in total. The van der Waals surface area contributed by atoms with Gasteiger partial charge in [0.1, 0.15) is 5.58 Å². The van der Waals surface area contributed by atoms with Crippen LogP contribution in [0.4, 0.5) is 0 Å². The highest BCUT2D eigenvalue weighted by atomic mass is 16.4. The molecule has 0 atom stereocenters. The third-order valence-electron chi connectivity index (χ3n) is 8.34. The van der Waals surface area contributed by atoms with E-state index in [-0.39, 0.29) is 5.63 Å². The van der Waals surface area contributed by atoms with Crippen LogP contribution in [0.5, 0.6) is 0 Å². The van der Waals surface area contributed by atoms with Gasteiger partial charge in [-0.15, -0.1) is 0 Å². The predicted molar refractivity (Wildman–Crippen MR) is 169 cm³/mol. The third-order valence-corrected chi connectivity index (χ3v) is 8.34. The van der Waals surface area contributed by atoms with Gasteiger partial charge in [-0.25, -0.2) is 4.79 Å². The van der Waals surface area contributed by atoms with Gasteiger partial charge in [-0.2, -0.15) is 0 Å². The maximum Gasteiger partial charge on any atom is 0.344 e. The highest BCUT2D eigenvalue weighted by molar-refractivity contribution is 6.17. The molecule has 0 bridgehead atoms. The Balaban J connectivity index is 1.39. The number of fused-ring (bicyclic) bond motifs is 9. The Morgan fingerprint density at radius 2 is 0.951 bits per heavy atom. The van der Waals surface area contributed by atoms with Crippen molar-refractivity contribution in [2.24, 2.45) is 0 Å². The van der Waals surface area contributed by atoms with Crippen molar-refractivity contribution in [1.29, 1.82) is 0 Å². The Kier molecular flexibility index (Phi) is 4.44. The molecule has 0 radical (unpaired) electrons. The summed E-state index contributed by atoms with van der Waals surface area (Å²) in [7, 11) is 0. The third kappa shape index (κ3) is 3.07. The van der Waals surface area contributed by atoms with E-state index in [1.54, 1.807) is 0 Å². The minimum atomic E-state index is -0.315. The molecule has 4 nitrogen and oxygen atoms in total. The van der Waals surface area contributed by atoms with Crippen molar-refractivity contribution in [3.8, 4) is 11.4 Å². The van der Waals surface area contributed by atoms with Crippen LogP contribution in [0.1, 0.15) is 0 Å². The van der Waals surface area contributed by atoms with E-state index in [9.17, 15) is 4.79 Å². The van der Waals surface area contributed by atoms with Gasteiger partial charge >= 0.3 is 5.63 Å². The molecule has 3 heterocycles. The summed E-state index contributed by atoms with van der Waals surface area (Å²) >= 11 is 0. The van der Waals surface area contributed by atoms with Crippen LogP contribution in [0, 0.1) is 0 Å². The molecule has 0 spiro atoms. The van der Waals surface area contributed by atoms with E-state index in [1.165, 1.54) is 16.3 Å². The standard InChI is InChI=1S/C37H22N2O2/c40-37-28-15-5-4-12-25(28)31-21-30-27-14-7-9-17-33(27)39(35(30)22-36(31)41-37)24-18-19-34-29(20-24)26-13-6-8-16-32(26)38(34)23-10-2-1-3-11-23/h1-22H. The second-order valence-electron chi connectivity index (χ2n) is 10.5. The van der Waals surface area contributed by atoms with Crippen molar-refractivity contribution < 1.29 is 4.42 Å². The molecule has 0 aliphatic rings. The number of aromatic nitrogens is 2. The number of hydrogen-bond donors (Lipinski definition) is 0. The monoisotopic (exact) mass is 526 g/mol. The van der Waals surface area contributed by atoms with Crippen LogP contribution in [-0.4, -0.2) is 9.13 Å². The molecule has 6 aromatic carbocycles. The number of rotatable bonds is 2. The lowest BCUT2D eigenvalue weighted by molar-refractivity contribution is 0.570. The van der Waals surface area contributed by atoms with Crippen LogP contribution < -0.4 is 5.63 Å². The SMILES string of the molecule is O=c1oc2cc3c(cc2c2ccccc12)c1ccccc1n3-c1ccc2c(c1)c1ccccc1n2-c1ccccc1. The second-order valence-corrected chi connectivity index (χ2v) is 10.5. The second kappa shape index (κ2) is 8.20. The Hall–Kier alpha value is -5.61. The molecule has 192 valence electrons. The Bertz CT molecular complexity index is 2550. The van der Waals surface area contributed by atoms with Crippen LogP contribution in [0.25, 0.3) is 76.7 Å². The summed E-state index contributed by atoms with van der Waals surface area (Å²) in [6.07, 6.45) is 0. The molecule has 0 fully saturated rings. The number of para-hydroxylation sites is 3. The fourth-order valence-corrected chi connectivity index (χ4v) is 6.58. The van der Waals surface area contributed by atoms with Crippen molar-refractivity contribution in [3.63, 3.8) is 0 Å². The van der Waals surface area contributed by atoms with Gasteiger partial charge < -0.3 is 13.6 Å². The van der Waals surface area contributed by atoms with Gasteiger partial charge in [0.15, 0.2) is 0 Å². The number of hydrogen-bond acceptors (Lipinski definition) is 2. The zero-order chi connectivity index (χ0) is 27.1. The van der Waals surface area contributed by atoms with Gasteiger partial charge in [0, 0.05) is 44.4 Å². The summed E-state index contributed by atoms with van der Waals surface area (Å²) in [5.74, 6) is 0. The highest BCUT2D eigenvalue weighted by Gasteiger charge is 2.18. The Morgan fingerprint density at radius 1 is 0.390 bits per heavy atom. The van der Waals surface area contributed by atoms with E-state index in [4.69, 9.17) is 4.42 Å². The first kappa shape index (κ1) is 22.2. The number of benzene rings is 6. The van der Waals surface area contributed by atoms with Crippen molar-refractivity contribution >= 4 is 65.4 Å². The van der Waals surface area contributed by atoms with E-state index in [0.717, 1.165) is 49.5 Å². The molecule has 4 heteroatoms. The van der Waals surface area contributed by atoms with Gasteiger partial charge in [-0.3, -0.25) is 0 Å². The quantitative estimate of drug-likeness (QED) is 0.166. The van der Waals surface area contributed by atoms with Crippen LogP contribution >= 0.6 is 0 Å². The summed E-state index contributed by atoms with van der Waals surface area (Å²) in [4.78, 5) is 12.9. The van der Waals surface area contributed by atoms with Crippen molar-refractivity contribution in [3.05, 3.63) is 144 Å². The Morgan fingerprint density at radius 3 is 1.68 bits per heavy atom.